The molecule has 0 fully saturated rings. The normalized spacial score (nSPS) is 11.7. The third-order valence-corrected chi connectivity index (χ3v) is 4.54. The van der Waals surface area contributed by atoms with Gasteiger partial charge in [0, 0.05) is 31.8 Å². The van der Waals surface area contributed by atoms with E-state index in [2.05, 4.69) is 37.7 Å². The van der Waals surface area contributed by atoms with Gasteiger partial charge >= 0.3 is 0 Å². The van der Waals surface area contributed by atoms with Gasteiger partial charge in [-0.25, -0.2) is 4.98 Å². The maximum Gasteiger partial charge on any atom is 0.226 e. The zero-order chi connectivity index (χ0) is 20.1. The van der Waals surface area contributed by atoms with Crippen LogP contribution in [0.2, 0.25) is 0 Å². The Morgan fingerprint density at radius 3 is 2.79 bits per heavy atom. The topological polar surface area (TPSA) is 92.6 Å². The Labute approximate surface area is 168 Å². The molecule has 0 unspecified atom stereocenters. The molecular weight excluding hydrogens is 366 g/mol. The summed E-state index contributed by atoms with van der Waals surface area (Å²) in [6.45, 7) is 3.25. The minimum Gasteiger partial charge on any atom is -0.444 e. The quantitative estimate of drug-likeness (QED) is 0.389. The maximum atomic E-state index is 5.60. The Bertz CT molecular complexity index is 1110. The zero-order valence-electron chi connectivity index (χ0n) is 16.5. The van der Waals surface area contributed by atoms with Crippen LogP contribution in [0.5, 0.6) is 0 Å². The number of hydrogen-bond acceptors (Lipinski definition) is 5. The van der Waals surface area contributed by atoms with Gasteiger partial charge in [0.15, 0.2) is 11.6 Å². The smallest absolute Gasteiger partial charge is 0.226 e. The first kappa shape index (κ1) is 18.7. The van der Waals surface area contributed by atoms with E-state index >= 15 is 0 Å². The van der Waals surface area contributed by atoms with Gasteiger partial charge in [0.25, 0.3) is 0 Å². The number of rotatable bonds is 6. The van der Waals surface area contributed by atoms with Crippen molar-refractivity contribution >= 4 is 11.6 Å². The zero-order valence-corrected chi connectivity index (χ0v) is 16.5. The van der Waals surface area contributed by atoms with Crippen LogP contribution in [0.4, 0.5) is 0 Å². The van der Waals surface area contributed by atoms with Crippen molar-refractivity contribution in [1.29, 1.82) is 0 Å². The monoisotopic (exact) mass is 389 g/mol. The molecule has 4 aromatic rings. The van der Waals surface area contributed by atoms with E-state index in [1.54, 1.807) is 13.3 Å². The SMILES string of the molecule is CN=C(NCCc1nnc2ccccn12)NCc1coc(-c2ccc(C)cc2)n1. The summed E-state index contributed by atoms with van der Waals surface area (Å²) < 4.78 is 7.58. The third-order valence-electron chi connectivity index (χ3n) is 4.54. The predicted octanol–water partition coefficient (Wildman–Crippen LogP) is 2.60. The van der Waals surface area contributed by atoms with Gasteiger partial charge in [-0.1, -0.05) is 23.8 Å². The number of guanidine groups is 1. The summed E-state index contributed by atoms with van der Waals surface area (Å²) in [5.74, 6) is 2.21. The van der Waals surface area contributed by atoms with Crippen molar-refractivity contribution in [3.63, 3.8) is 0 Å². The molecule has 3 aromatic heterocycles. The molecule has 0 spiro atoms. The van der Waals surface area contributed by atoms with Crippen LogP contribution in [-0.4, -0.2) is 39.1 Å². The number of nitrogens with zero attached hydrogens (tertiary/aromatic N) is 5. The summed E-state index contributed by atoms with van der Waals surface area (Å²) >= 11 is 0. The van der Waals surface area contributed by atoms with E-state index in [0.29, 0.717) is 24.9 Å². The largest absolute Gasteiger partial charge is 0.444 e. The average Bonchev–Trinajstić information content (AvgIpc) is 3.38. The molecule has 0 amide bonds. The van der Waals surface area contributed by atoms with E-state index < -0.39 is 0 Å². The van der Waals surface area contributed by atoms with E-state index in [-0.39, 0.29) is 0 Å². The summed E-state index contributed by atoms with van der Waals surface area (Å²) in [6, 6.07) is 14.0. The second-order valence-corrected chi connectivity index (χ2v) is 6.66. The molecule has 0 aliphatic heterocycles. The Morgan fingerprint density at radius 1 is 1.10 bits per heavy atom. The molecule has 0 saturated carbocycles. The number of nitrogens with one attached hydrogen (secondary N) is 2. The molecule has 0 aliphatic carbocycles. The first-order valence-corrected chi connectivity index (χ1v) is 9.47. The first-order valence-electron chi connectivity index (χ1n) is 9.47. The summed E-state index contributed by atoms with van der Waals surface area (Å²) in [4.78, 5) is 8.79. The van der Waals surface area contributed by atoms with Gasteiger partial charge in [0.2, 0.25) is 5.89 Å². The molecule has 3 heterocycles. The van der Waals surface area contributed by atoms with E-state index in [1.165, 1.54) is 5.56 Å². The molecule has 8 nitrogen and oxygen atoms in total. The van der Waals surface area contributed by atoms with Crippen molar-refractivity contribution in [1.82, 2.24) is 30.2 Å². The van der Waals surface area contributed by atoms with Crippen molar-refractivity contribution in [2.24, 2.45) is 4.99 Å². The van der Waals surface area contributed by atoms with Crippen molar-refractivity contribution in [2.45, 2.75) is 19.9 Å². The van der Waals surface area contributed by atoms with Crippen LogP contribution < -0.4 is 10.6 Å². The summed E-state index contributed by atoms with van der Waals surface area (Å²) in [6.07, 6.45) is 4.36. The number of hydrogen-bond donors (Lipinski definition) is 2. The minimum atomic E-state index is 0.517. The number of pyridine rings is 1. The Kier molecular flexibility index (Phi) is 5.51. The fourth-order valence-electron chi connectivity index (χ4n) is 2.97. The molecule has 0 saturated heterocycles. The lowest BCUT2D eigenvalue weighted by molar-refractivity contribution is 0.572. The van der Waals surface area contributed by atoms with Crippen LogP contribution in [-0.2, 0) is 13.0 Å². The van der Waals surface area contributed by atoms with Gasteiger partial charge in [-0.3, -0.25) is 9.39 Å². The second-order valence-electron chi connectivity index (χ2n) is 6.66. The highest BCUT2D eigenvalue weighted by atomic mass is 16.3. The van der Waals surface area contributed by atoms with Crippen LogP contribution in [0.25, 0.3) is 17.1 Å². The van der Waals surface area contributed by atoms with Crippen LogP contribution in [0, 0.1) is 6.92 Å². The van der Waals surface area contributed by atoms with Gasteiger partial charge in [0.05, 0.1) is 12.2 Å². The van der Waals surface area contributed by atoms with Gasteiger partial charge in [-0.2, -0.15) is 0 Å². The molecule has 0 radical (unpaired) electrons. The summed E-state index contributed by atoms with van der Waals surface area (Å²) in [5, 5.41) is 14.9. The average molecular weight is 389 g/mol. The Hall–Kier alpha value is -3.68. The van der Waals surface area contributed by atoms with Crippen LogP contribution >= 0.6 is 0 Å². The molecule has 2 N–H and O–H groups in total. The lowest BCUT2D eigenvalue weighted by Gasteiger charge is -2.10. The number of fused-ring (bicyclic) bond motifs is 1. The van der Waals surface area contributed by atoms with Crippen molar-refractivity contribution in [3.05, 3.63) is 72.0 Å². The van der Waals surface area contributed by atoms with Crippen molar-refractivity contribution < 1.29 is 4.42 Å². The van der Waals surface area contributed by atoms with E-state index in [9.17, 15) is 0 Å². The van der Waals surface area contributed by atoms with Crippen molar-refractivity contribution in [2.75, 3.05) is 13.6 Å². The number of aliphatic imine (C=N–C) groups is 1. The molecule has 8 heteroatoms. The number of aromatic nitrogens is 4. The van der Waals surface area contributed by atoms with E-state index in [1.807, 2.05) is 53.1 Å². The molecule has 0 aliphatic rings. The molecule has 4 rings (SSSR count). The minimum absolute atomic E-state index is 0.517. The highest BCUT2D eigenvalue weighted by molar-refractivity contribution is 5.79. The second kappa shape index (κ2) is 8.55. The fraction of sp³-hybridized carbons (Fsp3) is 0.238. The Balaban J connectivity index is 1.29. The highest BCUT2D eigenvalue weighted by Crippen LogP contribution is 2.18. The van der Waals surface area contributed by atoms with E-state index in [0.717, 1.165) is 29.1 Å². The van der Waals surface area contributed by atoms with Gasteiger partial charge in [-0.05, 0) is 31.2 Å². The predicted molar refractivity (Wildman–Crippen MR) is 112 cm³/mol. The molecule has 0 atom stereocenters. The molecule has 1 aromatic carbocycles. The van der Waals surface area contributed by atoms with Gasteiger partial charge in [-0.15, -0.1) is 10.2 Å². The summed E-state index contributed by atoms with van der Waals surface area (Å²) in [5.41, 5.74) is 3.83. The Morgan fingerprint density at radius 2 is 1.97 bits per heavy atom. The molecule has 0 bridgehead atoms. The lowest BCUT2D eigenvalue weighted by Crippen LogP contribution is -2.38. The van der Waals surface area contributed by atoms with Gasteiger partial charge < -0.3 is 15.1 Å². The molecule has 148 valence electrons. The summed E-state index contributed by atoms with van der Waals surface area (Å²) in [7, 11) is 1.74. The number of benzene rings is 1. The number of aryl methyl sites for hydroxylation is 1. The fourth-order valence-corrected chi connectivity index (χ4v) is 2.97. The highest BCUT2D eigenvalue weighted by Gasteiger charge is 2.08. The van der Waals surface area contributed by atoms with Gasteiger partial charge in [0.1, 0.15) is 12.1 Å². The molecular formula is C21H23N7O. The lowest BCUT2D eigenvalue weighted by atomic mass is 10.1. The standard InChI is InChI=1S/C21H23N7O/c1-15-6-8-16(9-7-15)20-25-17(14-29-20)13-24-21(22-2)23-11-10-19-27-26-18-5-3-4-12-28(18)19/h3-9,12,14H,10-11,13H2,1-2H3,(H2,22,23,24). The van der Waals surface area contributed by atoms with Crippen molar-refractivity contribution in [3.8, 4) is 11.5 Å². The first-order chi connectivity index (χ1) is 14.2. The number of oxazole rings is 1. The third kappa shape index (κ3) is 4.43. The van der Waals surface area contributed by atoms with Crippen LogP contribution in [0.1, 0.15) is 17.1 Å². The molecule has 29 heavy (non-hydrogen) atoms. The maximum absolute atomic E-state index is 5.60. The van der Waals surface area contributed by atoms with Crippen LogP contribution in [0.15, 0.2) is 64.3 Å². The van der Waals surface area contributed by atoms with Crippen LogP contribution in [0.3, 0.4) is 0 Å². The van der Waals surface area contributed by atoms with E-state index in [4.69, 9.17) is 4.42 Å².